The highest BCUT2D eigenvalue weighted by atomic mass is 32.2. The summed E-state index contributed by atoms with van der Waals surface area (Å²) in [6, 6.07) is -0.0529. The molecule has 0 aliphatic heterocycles. The average Bonchev–Trinajstić information content (AvgIpc) is 2.00. The third-order valence-corrected chi connectivity index (χ3v) is 3.47. The number of likely N-dealkylation sites (N-methyl/N-ethyl adjacent to an activating group) is 1. The van der Waals surface area contributed by atoms with Crippen molar-refractivity contribution in [2.75, 3.05) is 32.9 Å². The number of unbranched alkanes of at least 4 members (excludes halogenated alkanes) is 1. The summed E-state index contributed by atoms with van der Waals surface area (Å²) in [5.41, 5.74) is 5.30. The summed E-state index contributed by atoms with van der Waals surface area (Å²) in [6.45, 7) is 3.11. The predicted molar refractivity (Wildman–Crippen MR) is 63.2 cm³/mol. The molecule has 0 aliphatic rings. The van der Waals surface area contributed by atoms with Crippen LogP contribution in [0.5, 0.6) is 0 Å². The van der Waals surface area contributed by atoms with Crippen molar-refractivity contribution in [1.29, 1.82) is 0 Å². The van der Waals surface area contributed by atoms with Crippen LogP contribution < -0.4 is 10.5 Å². The second-order valence-corrected chi connectivity index (χ2v) is 5.97. The van der Waals surface area contributed by atoms with E-state index >= 15 is 0 Å². The van der Waals surface area contributed by atoms with Gasteiger partial charge in [0.05, 0.1) is 5.75 Å². The summed E-state index contributed by atoms with van der Waals surface area (Å²) in [6.07, 6.45) is 1.38. The molecule has 0 radical (unpaired) electrons. The number of nitrogens with zero attached hydrogens (tertiary/aromatic N) is 1. The van der Waals surface area contributed by atoms with E-state index in [-0.39, 0.29) is 11.8 Å². The number of hydrogen-bond acceptors (Lipinski definition) is 4. The van der Waals surface area contributed by atoms with Crippen molar-refractivity contribution in [1.82, 2.24) is 9.62 Å². The number of hydrogen-bond donors (Lipinski definition) is 2. The standard InChI is InChI=1S/C9H23N3O2S/c1-9(8-12(2)3)11-15(13,14)7-5-4-6-10/h9,11H,4-8,10H2,1-3H3. The summed E-state index contributed by atoms with van der Waals surface area (Å²) in [7, 11) is 0.701. The highest BCUT2D eigenvalue weighted by Gasteiger charge is 2.14. The second-order valence-electron chi connectivity index (χ2n) is 4.10. The Morgan fingerprint density at radius 2 is 1.93 bits per heavy atom. The van der Waals surface area contributed by atoms with Gasteiger partial charge in [-0.1, -0.05) is 0 Å². The van der Waals surface area contributed by atoms with E-state index in [9.17, 15) is 8.42 Å². The van der Waals surface area contributed by atoms with Crippen molar-refractivity contribution < 1.29 is 8.42 Å². The van der Waals surface area contributed by atoms with Crippen LogP contribution in [-0.4, -0.2) is 52.3 Å². The van der Waals surface area contributed by atoms with E-state index in [4.69, 9.17) is 5.73 Å². The Labute approximate surface area is 93.1 Å². The van der Waals surface area contributed by atoms with Crippen LogP contribution in [0.3, 0.4) is 0 Å². The van der Waals surface area contributed by atoms with Crippen molar-refractivity contribution >= 4 is 10.0 Å². The predicted octanol–water partition coefficient (Wildman–Crippen LogP) is -0.405. The maximum absolute atomic E-state index is 11.5. The Morgan fingerprint density at radius 1 is 1.33 bits per heavy atom. The summed E-state index contributed by atoms with van der Waals surface area (Å²) >= 11 is 0. The fourth-order valence-electron chi connectivity index (χ4n) is 1.39. The monoisotopic (exact) mass is 237 g/mol. The van der Waals surface area contributed by atoms with Gasteiger partial charge in [-0.2, -0.15) is 0 Å². The highest BCUT2D eigenvalue weighted by Crippen LogP contribution is 1.96. The Morgan fingerprint density at radius 3 is 2.40 bits per heavy atom. The van der Waals surface area contributed by atoms with Gasteiger partial charge in [0.1, 0.15) is 0 Å². The first kappa shape index (κ1) is 14.8. The molecule has 0 fully saturated rings. The van der Waals surface area contributed by atoms with Crippen LogP contribution >= 0.6 is 0 Å². The SMILES string of the molecule is CC(CN(C)C)NS(=O)(=O)CCCCN. The molecule has 5 nitrogen and oxygen atoms in total. The molecule has 0 rings (SSSR count). The largest absolute Gasteiger partial charge is 0.330 e. The van der Waals surface area contributed by atoms with E-state index in [0.717, 1.165) is 6.42 Å². The molecular weight excluding hydrogens is 214 g/mol. The van der Waals surface area contributed by atoms with Crippen LogP contribution in [0.15, 0.2) is 0 Å². The lowest BCUT2D eigenvalue weighted by atomic mass is 10.3. The third kappa shape index (κ3) is 8.80. The molecule has 0 aromatic rings. The molecule has 0 aliphatic carbocycles. The molecule has 0 saturated heterocycles. The van der Waals surface area contributed by atoms with Crippen LogP contribution in [0.4, 0.5) is 0 Å². The molecule has 1 unspecified atom stereocenters. The number of sulfonamides is 1. The minimum Gasteiger partial charge on any atom is -0.330 e. The van der Waals surface area contributed by atoms with Crippen LogP contribution in [-0.2, 0) is 10.0 Å². The molecule has 0 bridgehead atoms. The molecule has 92 valence electrons. The topological polar surface area (TPSA) is 75.4 Å². The average molecular weight is 237 g/mol. The van der Waals surface area contributed by atoms with Gasteiger partial charge in [-0.25, -0.2) is 13.1 Å². The van der Waals surface area contributed by atoms with E-state index < -0.39 is 10.0 Å². The Bertz CT molecular complexity index is 252. The zero-order valence-electron chi connectivity index (χ0n) is 9.86. The van der Waals surface area contributed by atoms with E-state index in [1.165, 1.54) is 0 Å². The Hall–Kier alpha value is -0.170. The summed E-state index contributed by atoms with van der Waals surface area (Å²) < 4.78 is 25.7. The van der Waals surface area contributed by atoms with Gasteiger partial charge in [0.25, 0.3) is 0 Å². The molecule has 6 heteroatoms. The van der Waals surface area contributed by atoms with Gasteiger partial charge in [0.15, 0.2) is 0 Å². The van der Waals surface area contributed by atoms with E-state index in [0.29, 0.717) is 19.5 Å². The van der Waals surface area contributed by atoms with Gasteiger partial charge in [-0.3, -0.25) is 0 Å². The first-order valence-corrected chi connectivity index (χ1v) is 6.87. The molecule has 0 spiro atoms. The minimum absolute atomic E-state index is 0.0529. The molecule has 0 saturated carbocycles. The second kappa shape index (κ2) is 7.16. The Kier molecular flexibility index (Phi) is 7.08. The summed E-state index contributed by atoms with van der Waals surface area (Å²) in [5, 5.41) is 0. The fourth-order valence-corrected chi connectivity index (χ4v) is 2.78. The zero-order chi connectivity index (χ0) is 11.9. The van der Waals surface area contributed by atoms with Crippen LogP contribution in [0.1, 0.15) is 19.8 Å². The van der Waals surface area contributed by atoms with Crippen molar-refractivity contribution in [2.45, 2.75) is 25.8 Å². The molecule has 15 heavy (non-hydrogen) atoms. The van der Waals surface area contributed by atoms with Gasteiger partial charge in [0.2, 0.25) is 10.0 Å². The maximum Gasteiger partial charge on any atom is 0.211 e. The first-order chi connectivity index (χ1) is 6.87. The number of nitrogens with two attached hydrogens (primary N) is 1. The normalized spacial score (nSPS) is 14.5. The van der Waals surface area contributed by atoms with Gasteiger partial charge in [-0.05, 0) is 40.4 Å². The molecule has 0 aromatic heterocycles. The smallest absolute Gasteiger partial charge is 0.211 e. The van der Waals surface area contributed by atoms with Crippen LogP contribution in [0.2, 0.25) is 0 Å². The van der Waals surface area contributed by atoms with Crippen molar-refractivity contribution in [2.24, 2.45) is 5.73 Å². The number of rotatable bonds is 8. The van der Waals surface area contributed by atoms with Crippen molar-refractivity contribution in [3.8, 4) is 0 Å². The molecule has 1 atom stereocenters. The molecule has 0 aromatic carbocycles. The summed E-state index contributed by atoms with van der Waals surface area (Å²) in [4.78, 5) is 1.95. The van der Waals surface area contributed by atoms with Crippen LogP contribution in [0.25, 0.3) is 0 Å². The fraction of sp³-hybridized carbons (Fsp3) is 1.00. The van der Waals surface area contributed by atoms with Crippen LogP contribution in [0, 0.1) is 0 Å². The Balaban J connectivity index is 3.91. The first-order valence-electron chi connectivity index (χ1n) is 5.22. The van der Waals surface area contributed by atoms with Gasteiger partial charge in [-0.15, -0.1) is 0 Å². The lowest BCUT2D eigenvalue weighted by Crippen LogP contribution is -2.40. The molecule has 0 heterocycles. The van der Waals surface area contributed by atoms with Gasteiger partial charge >= 0.3 is 0 Å². The molecular formula is C9H23N3O2S. The van der Waals surface area contributed by atoms with E-state index in [2.05, 4.69) is 4.72 Å². The maximum atomic E-state index is 11.5. The van der Waals surface area contributed by atoms with Gasteiger partial charge in [0, 0.05) is 12.6 Å². The van der Waals surface area contributed by atoms with E-state index in [1.807, 2.05) is 25.9 Å². The quantitative estimate of drug-likeness (QED) is 0.563. The van der Waals surface area contributed by atoms with E-state index in [1.54, 1.807) is 0 Å². The zero-order valence-corrected chi connectivity index (χ0v) is 10.7. The number of nitrogens with one attached hydrogen (secondary N) is 1. The van der Waals surface area contributed by atoms with Gasteiger partial charge < -0.3 is 10.6 Å². The van der Waals surface area contributed by atoms with Crippen molar-refractivity contribution in [3.63, 3.8) is 0 Å². The molecule has 0 amide bonds. The van der Waals surface area contributed by atoms with Crippen molar-refractivity contribution in [3.05, 3.63) is 0 Å². The molecule has 3 N–H and O–H groups in total. The minimum atomic E-state index is -3.13. The lowest BCUT2D eigenvalue weighted by Gasteiger charge is -2.18. The third-order valence-electron chi connectivity index (χ3n) is 1.89. The lowest BCUT2D eigenvalue weighted by molar-refractivity contribution is 0.370. The summed E-state index contributed by atoms with van der Waals surface area (Å²) in [5.74, 6) is 0.169. The highest BCUT2D eigenvalue weighted by molar-refractivity contribution is 7.89.